The third-order valence-electron chi connectivity index (χ3n) is 4.03. The topological polar surface area (TPSA) is 104 Å². The number of carbonyl (C=O) groups is 1. The van der Waals surface area contributed by atoms with Crippen molar-refractivity contribution < 1.29 is 4.79 Å². The van der Waals surface area contributed by atoms with Crippen molar-refractivity contribution in [1.82, 2.24) is 20.2 Å². The molecule has 0 aliphatic carbocycles. The van der Waals surface area contributed by atoms with Gasteiger partial charge in [-0.2, -0.15) is 5.10 Å². The predicted molar refractivity (Wildman–Crippen MR) is 96.4 cm³/mol. The number of H-pyrrole nitrogens is 2. The van der Waals surface area contributed by atoms with Gasteiger partial charge in [0.15, 0.2) is 0 Å². The van der Waals surface area contributed by atoms with Crippen molar-refractivity contribution in [2.75, 3.05) is 5.32 Å². The Labute approximate surface area is 142 Å². The van der Waals surface area contributed by atoms with Crippen molar-refractivity contribution in [2.24, 2.45) is 0 Å². The number of benzene rings is 2. The fourth-order valence-corrected chi connectivity index (χ4v) is 2.77. The van der Waals surface area contributed by atoms with Crippen LogP contribution in [0.25, 0.3) is 33.1 Å². The summed E-state index contributed by atoms with van der Waals surface area (Å²) in [7, 11) is 0. The first-order valence-electron chi connectivity index (χ1n) is 7.93. The molecule has 7 heteroatoms. The molecule has 0 aliphatic heterocycles. The maximum atomic E-state index is 11.9. The van der Waals surface area contributed by atoms with Crippen LogP contribution in [-0.4, -0.2) is 26.1 Å². The minimum Gasteiger partial charge on any atom is -0.324 e. The first kappa shape index (κ1) is 15.1. The number of nitrogens with one attached hydrogen (secondary N) is 3. The molecule has 25 heavy (non-hydrogen) atoms. The molecule has 7 nitrogen and oxygen atoms in total. The molecule has 0 fully saturated rings. The second-order valence-corrected chi connectivity index (χ2v) is 5.67. The average molecular weight is 333 g/mol. The van der Waals surface area contributed by atoms with E-state index in [9.17, 15) is 9.59 Å². The lowest BCUT2D eigenvalue weighted by atomic mass is 10.0. The van der Waals surface area contributed by atoms with E-state index in [2.05, 4.69) is 25.5 Å². The van der Waals surface area contributed by atoms with Crippen LogP contribution in [0, 0.1) is 0 Å². The Bertz CT molecular complexity index is 1160. The maximum absolute atomic E-state index is 11.9. The lowest BCUT2D eigenvalue weighted by Crippen LogP contribution is -2.10. The quantitative estimate of drug-likeness (QED) is 0.536. The highest BCUT2D eigenvalue weighted by Crippen LogP contribution is 2.27. The van der Waals surface area contributed by atoms with Crippen LogP contribution in [-0.2, 0) is 4.79 Å². The molecule has 4 aromatic rings. The largest absolute Gasteiger partial charge is 0.324 e. The van der Waals surface area contributed by atoms with Crippen LogP contribution in [0.3, 0.4) is 0 Å². The van der Waals surface area contributed by atoms with E-state index in [0.717, 1.165) is 22.0 Å². The summed E-state index contributed by atoms with van der Waals surface area (Å²) in [5, 5.41) is 10.8. The van der Waals surface area contributed by atoms with E-state index in [1.165, 1.54) is 0 Å². The predicted octanol–water partition coefficient (Wildman–Crippen LogP) is 2.81. The lowest BCUT2D eigenvalue weighted by Gasteiger charge is -2.04. The number of amides is 1. The summed E-state index contributed by atoms with van der Waals surface area (Å²) in [6.45, 7) is 1.78. The minimum absolute atomic E-state index is 0.104. The van der Waals surface area contributed by atoms with E-state index in [1.54, 1.807) is 13.0 Å². The molecule has 3 N–H and O–H groups in total. The Morgan fingerprint density at radius 3 is 2.76 bits per heavy atom. The molecule has 2 aromatic carbocycles. The summed E-state index contributed by atoms with van der Waals surface area (Å²) in [4.78, 5) is 30.9. The Morgan fingerprint density at radius 1 is 1.16 bits per heavy atom. The van der Waals surface area contributed by atoms with E-state index in [0.29, 0.717) is 23.4 Å². The number of rotatable bonds is 3. The highest BCUT2D eigenvalue weighted by Gasteiger charge is 2.11. The molecule has 0 aliphatic rings. The number of hydrogen-bond acceptors (Lipinski definition) is 4. The number of aromatic nitrogens is 4. The van der Waals surface area contributed by atoms with Crippen LogP contribution in [0.15, 0.2) is 47.3 Å². The third-order valence-corrected chi connectivity index (χ3v) is 4.03. The van der Waals surface area contributed by atoms with E-state index in [-0.39, 0.29) is 11.5 Å². The first-order valence-corrected chi connectivity index (χ1v) is 7.93. The fourth-order valence-electron chi connectivity index (χ4n) is 2.77. The van der Waals surface area contributed by atoms with E-state index in [4.69, 9.17) is 0 Å². The van der Waals surface area contributed by atoms with Gasteiger partial charge in [-0.15, -0.1) is 0 Å². The van der Waals surface area contributed by atoms with Crippen molar-refractivity contribution in [3.8, 4) is 11.3 Å². The Balaban J connectivity index is 1.84. The molecule has 124 valence electrons. The molecule has 0 saturated heterocycles. The fraction of sp³-hybridized carbons (Fsp3) is 0.111. The Hall–Kier alpha value is -3.48. The van der Waals surface area contributed by atoms with Gasteiger partial charge in [-0.25, -0.2) is 10.1 Å². The molecule has 2 aromatic heterocycles. The SMILES string of the molecule is CCC(=O)Nc1nc2ccc(-c3n[nH]c(=O)c4ccccc34)cc2[nH]1. The molecule has 0 unspecified atom stereocenters. The first-order chi connectivity index (χ1) is 12.2. The molecule has 0 saturated carbocycles. The molecule has 0 radical (unpaired) electrons. The molecule has 4 rings (SSSR count). The standard InChI is InChI=1S/C18H15N5O2/c1-2-15(24)21-18-19-13-8-7-10(9-14(13)20-18)16-11-5-3-4-6-12(11)17(25)23-22-16/h3-9H,2H2,1H3,(H,23,25)(H2,19,20,21,24). The lowest BCUT2D eigenvalue weighted by molar-refractivity contribution is -0.115. The zero-order chi connectivity index (χ0) is 17.4. The average Bonchev–Trinajstić information content (AvgIpc) is 3.03. The normalized spacial score (nSPS) is 11.1. The molecular formula is C18H15N5O2. The van der Waals surface area contributed by atoms with Crippen LogP contribution in [0.5, 0.6) is 0 Å². The summed E-state index contributed by atoms with van der Waals surface area (Å²) in [5.41, 5.74) is 2.83. The van der Waals surface area contributed by atoms with Gasteiger partial charge in [0, 0.05) is 17.4 Å². The van der Waals surface area contributed by atoms with Gasteiger partial charge in [0.25, 0.3) is 5.56 Å². The van der Waals surface area contributed by atoms with E-state index < -0.39 is 0 Å². The number of anilines is 1. The minimum atomic E-state index is -0.216. The second kappa shape index (κ2) is 5.86. The van der Waals surface area contributed by atoms with Crippen molar-refractivity contribution in [2.45, 2.75) is 13.3 Å². The van der Waals surface area contributed by atoms with Crippen molar-refractivity contribution >= 4 is 33.7 Å². The monoisotopic (exact) mass is 333 g/mol. The van der Waals surface area contributed by atoms with Gasteiger partial charge in [-0.3, -0.25) is 14.9 Å². The zero-order valence-corrected chi connectivity index (χ0v) is 13.5. The highest BCUT2D eigenvalue weighted by atomic mass is 16.1. The van der Waals surface area contributed by atoms with Crippen LogP contribution < -0.4 is 10.9 Å². The Kier molecular flexibility index (Phi) is 3.53. The summed E-state index contributed by atoms with van der Waals surface area (Å²) in [6.07, 6.45) is 0.385. The van der Waals surface area contributed by atoms with Gasteiger partial charge < -0.3 is 4.98 Å². The molecule has 0 atom stereocenters. The van der Waals surface area contributed by atoms with Gasteiger partial charge in [-0.1, -0.05) is 31.2 Å². The number of aromatic amines is 2. The molecular weight excluding hydrogens is 318 g/mol. The zero-order valence-electron chi connectivity index (χ0n) is 13.5. The van der Waals surface area contributed by atoms with Gasteiger partial charge in [0.1, 0.15) is 0 Å². The smallest absolute Gasteiger partial charge is 0.272 e. The maximum Gasteiger partial charge on any atom is 0.272 e. The number of hydrogen-bond donors (Lipinski definition) is 3. The highest BCUT2D eigenvalue weighted by molar-refractivity contribution is 5.96. The molecule has 0 bridgehead atoms. The van der Waals surface area contributed by atoms with E-state index >= 15 is 0 Å². The van der Waals surface area contributed by atoms with Crippen LogP contribution in [0.2, 0.25) is 0 Å². The van der Waals surface area contributed by atoms with E-state index in [1.807, 2.05) is 36.4 Å². The van der Waals surface area contributed by atoms with Crippen molar-refractivity contribution in [3.63, 3.8) is 0 Å². The van der Waals surface area contributed by atoms with Crippen LogP contribution in [0.4, 0.5) is 5.95 Å². The summed E-state index contributed by atoms with van der Waals surface area (Å²) < 4.78 is 0. The molecule has 1 amide bonds. The van der Waals surface area contributed by atoms with Crippen LogP contribution >= 0.6 is 0 Å². The van der Waals surface area contributed by atoms with Crippen LogP contribution in [0.1, 0.15) is 13.3 Å². The molecule has 0 spiro atoms. The number of carbonyl (C=O) groups excluding carboxylic acids is 1. The summed E-state index contributed by atoms with van der Waals surface area (Å²) >= 11 is 0. The van der Waals surface area contributed by atoms with Gasteiger partial charge in [0.05, 0.1) is 22.1 Å². The second-order valence-electron chi connectivity index (χ2n) is 5.67. The number of nitrogens with zero attached hydrogens (tertiary/aromatic N) is 2. The van der Waals surface area contributed by atoms with Gasteiger partial charge in [-0.05, 0) is 18.2 Å². The number of fused-ring (bicyclic) bond motifs is 2. The third kappa shape index (κ3) is 2.65. The van der Waals surface area contributed by atoms with Crippen molar-refractivity contribution in [3.05, 3.63) is 52.8 Å². The Morgan fingerprint density at radius 2 is 1.96 bits per heavy atom. The molecule has 2 heterocycles. The van der Waals surface area contributed by atoms with Gasteiger partial charge in [0.2, 0.25) is 11.9 Å². The summed E-state index contributed by atoms with van der Waals surface area (Å²) in [5.74, 6) is 0.311. The summed E-state index contributed by atoms with van der Waals surface area (Å²) in [6, 6.07) is 13.0. The van der Waals surface area contributed by atoms with Crippen molar-refractivity contribution in [1.29, 1.82) is 0 Å². The van der Waals surface area contributed by atoms with Gasteiger partial charge >= 0.3 is 0 Å². The number of imidazole rings is 1.